The second-order valence-corrected chi connectivity index (χ2v) is 4.55. The van der Waals surface area contributed by atoms with E-state index in [0.717, 1.165) is 43.5 Å². The van der Waals surface area contributed by atoms with Crippen molar-refractivity contribution < 1.29 is 4.74 Å². The molecule has 0 amide bonds. The molecule has 1 spiro atoms. The van der Waals surface area contributed by atoms with E-state index in [1.165, 1.54) is 0 Å². The molecule has 0 saturated carbocycles. The van der Waals surface area contributed by atoms with Gasteiger partial charge in [0.05, 0.1) is 5.54 Å². The van der Waals surface area contributed by atoms with E-state index in [0.29, 0.717) is 5.54 Å². The van der Waals surface area contributed by atoms with Crippen LogP contribution in [-0.4, -0.2) is 36.2 Å². The van der Waals surface area contributed by atoms with Crippen LogP contribution in [0.1, 0.15) is 19.8 Å². The van der Waals surface area contributed by atoms with Crippen molar-refractivity contribution in [1.29, 1.82) is 0 Å². The maximum atomic E-state index is 5.36. The Hall–Kier alpha value is -0.220. The Morgan fingerprint density at radius 3 is 3.00 bits per heavy atom. The molecule has 0 unspecified atom stereocenters. The van der Waals surface area contributed by atoms with E-state index in [1.54, 1.807) is 0 Å². The molecule has 2 aliphatic heterocycles. The zero-order valence-electron chi connectivity index (χ0n) is 8.01. The van der Waals surface area contributed by atoms with Gasteiger partial charge in [0, 0.05) is 25.5 Å². The van der Waals surface area contributed by atoms with Gasteiger partial charge in [-0.25, -0.2) is 0 Å². The molecule has 74 valence electrons. The largest absolute Gasteiger partial charge is 0.381 e. The van der Waals surface area contributed by atoms with E-state index in [1.807, 2.05) is 11.8 Å². The minimum atomic E-state index is 0.302. The van der Waals surface area contributed by atoms with Crippen molar-refractivity contribution in [2.75, 3.05) is 25.5 Å². The first-order valence-electron chi connectivity index (χ1n) is 4.88. The highest BCUT2D eigenvalue weighted by atomic mass is 32.2. The predicted octanol–water partition coefficient (Wildman–Crippen LogP) is 1.25. The molecule has 0 aromatic heterocycles. The van der Waals surface area contributed by atoms with Crippen LogP contribution < -0.4 is 5.32 Å². The normalized spacial score (nSPS) is 29.5. The molecule has 13 heavy (non-hydrogen) atoms. The summed E-state index contributed by atoms with van der Waals surface area (Å²) >= 11 is 1.86. The number of thioether (sulfide) groups is 1. The van der Waals surface area contributed by atoms with Crippen LogP contribution in [-0.2, 0) is 4.74 Å². The number of nitrogens with one attached hydrogen (secondary N) is 1. The number of rotatable bonds is 1. The van der Waals surface area contributed by atoms with Gasteiger partial charge in [-0.05, 0) is 19.8 Å². The second-order valence-electron chi connectivity index (χ2n) is 3.59. The van der Waals surface area contributed by atoms with E-state index in [9.17, 15) is 0 Å². The molecule has 2 aliphatic rings. The summed E-state index contributed by atoms with van der Waals surface area (Å²) in [5.74, 6) is 1.16. The molecule has 1 N–H and O–H groups in total. The van der Waals surface area contributed by atoms with Crippen molar-refractivity contribution in [2.24, 2.45) is 4.99 Å². The zero-order chi connectivity index (χ0) is 9.15. The summed E-state index contributed by atoms with van der Waals surface area (Å²) in [4.78, 5) is 4.40. The van der Waals surface area contributed by atoms with Crippen molar-refractivity contribution in [3.63, 3.8) is 0 Å². The van der Waals surface area contributed by atoms with Gasteiger partial charge in [0.2, 0.25) is 0 Å². The van der Waals surface area contributed by atoms with Crippen LogP contribution in [0.4, 0.5) is 0 Å². The molecule has 3 nitrogen and oxygen atoms in total. The fraction of sp³-hybridized carbons (Fsp3) is 0.889. The Morgan fingerprint density at radius 1 is 1.54 bits per heavy atom. The van der Waals surface area contributed by atoms with Crippen molar-refractivity contribution >= 4 is 16.9 Å². The minimum Gasteiger partial charge on any atom is -0.381 e. The lowest BCUT2D eigenvalue weighted by Gasteiger charge is -2.32. The van der Waals surface area contributed by atoms with Crippen molar-refractivity contribution in [2.45, 2.75) is 25.3 Å². The van der Waals surface area contributed by atoms with E-state index in [2.05, 4.69) is 17.2 Å². The Labute approximate surface area is 83.3 Å². The molecule has 0 aliphatic carbocycles. The monoisotopic (exact) mass is 200 g/mol. The molecular weight excluding hydrogens is 184 g/mol. The Morgan fingerprint density at radius 2 is 2.31 bits per heavy atom. The lowest BCUT2D eigenvalue weighted by Crippen LogP contribution is -2.48. The van der Waals surface area contributed by atoms with Gasteiger partial charge >= 0.3 is 0 Å². The highest BCUT2D eigenvalue weighted by molar-refractivity contribution is 8.14. The smallest absolute Gasteiger partial charge is 0.157 e. The molecule has 2 fully saturated rings. The topological polar surface area (TPSA) is 33.6 Å². The van der Waals surface area contributed by atoms with Crippen molar-refractivity contribution in [3.8, 4) is 0 Å². The van der Waals surface area contributed by atoms with Gasteiger partial charge in [0.1, 0.15) is 0 Å². The van der Waals surface area contributed by atoms with Crippen LogP contribution in [0.3, 0.4) is 0 Å². The number of ether oxygens (including phenoxy) is 1. The third-order valence-corrected chi connectivity index (χ3v) is 3.81. The Kier molecular flexibility index (Phi) is 2.79. The molecule has 4 heteroatoms. The van der Waals surface area contributed by atoms with Crippen LogP contribution in [0.2, 0.25) is 0 Å². The maximum absolute atomic E-state index is 5.36. The first-order valence-corrected chi connectivity index (χ1v) is 5.86. The third-order valence-electron chi connectivity index (χ3n) is 2.61. The van der Waals surface area contributed by atoms with Crippen LogP contribution in [0.5, 0.6) is 0 Å². The lowest BCUT2D eigenvalue weighted by atomic mass is 9.93. The van der Waals surface area contributed by atoms with E-state index < -0.39 is 0 Å². The summed E-state index contributed by atoms with van der Waals surface area (Å²) in [5, 5.41) is 4.67. The quantitative estimate of drug-likeness (QED) is 0.691. The summed E-state index contributed by atoms with van der Waals surface area (Å²) in [6, 6.07) is 0. The first-order chi connectivity index (χ1) is 6.35. The minimum absolute atomic E-state index is 0.302. The molecule has 0 aromatic rings. The van der Waals surface area contributed by atoms with Crippen molar-refractivity contribution in [1.82, 2.24) is 5.32 Å². The summed E-state index contributed by atoms with van der Waals surface area (Å²) in [7, 11) is 0. The number of aliphatic imine (C=N–C) groups is 1. The second kappa shape index (κ2) is 3.88. The predicted molar refractivity (Wildman–Crippen MR) is 56.4 cm³/mol. The molecule has 0 aromatic carbocycles. The van der Waals surface area contributed by atoms with Crippen molar-refractivity contribution in [3.05, 3.63) is 0 Å². The van der Waals surface area contributed by atoms with E-state index in [4.69, 9.17) is 4.74 Å². The Bertz CT molecular complexity index is 212. The van der Waals surface area contributed by atoms with Gasteiger partial charge in [0.15, 0.2) is 5.17 Å². The fourth-order valence-electron chi connectivity index (χ4n) is 1.77. The average Bonchev–Trinajstić information content (AvgIpc) is 2.51. The van der Waals surface area contributed by atoms with Gasteiger partial charge in [-0.1, -0.05) is 11.8 Å². The van der Waals surface area contributed by atoms with Gasteiger partial charge in [-0.3, -0.25) is 4.99 Å². The fourth-order valence-corrected chi connectivity index (χ4v) is 3.05. The van der Waals surface area contributed by atoms with Crippen LogP contribution in [0.15, 0.2) is 4.99 Å². The number of hydrogen-bond donors (Lipinski definition) is 1. The summed E-state index contributed by atoms with van der Waals surface area (Å²) in [6.07, 6.45) is 2.26. The third kappa shape index (κ3) is 1.99. The highest BCUT2D eigenvalue weighted by Crippen LogP contribution is 2.31. The molecule has 0 atom stereocenters. The number of nitrogens with zero attached hydrogens (tertiary/aromatic N) is 1. The van der Waals surface area contributed by atoms with E-state index in [-0.39, 0.29) is 0 Å². The number of amidine groups is 1. The lowest BCUT2D eigenvalue weighted by molar-refractivity contribution is 0.0555. The van der Waals surface area contributed by atoms with E-state index >= 15 is 0 Å². The summed E-state index contributed by atoms with van der Waals surface area (Å²) in [6.45, 7) is 4.74. The first kappa shape index (κ1) is 9.34. The zero-order valence-corrected chi connectivity index (χ0v) is 8.82. The maximum Gasteiger partial charge on any atom is 0.157 e. The van der Waals surface area contributed by atoms with Gasteiger partial charge in [0.25, 0.3) is 0 Å². The van der Waals surface area contributed by atoms with Crippen LogP contribution in [0, 0.1) is 0 Å². The molecule has 2 heterocycles. The molecular formula is C9H16N2OS. The standard InChI is InChI=1S/C9H16N2OS/c1-2-10-8-11-9(7-13-8)3-5-12-6-4-9/h2-7H2,1H3,(H,10,11). The summed E-state index contributed by atoms with van der Waals surface area (Å²) in [5.41, 5.74) is 0.302. The Balaban J connectivity index is 1.98. The molecule has 2 rings (SSSR count). The average molecular weight is 200 g/mol. The highest BCUT2D eigenvalue weighted by Gasteiger charge is 2.38. The molecule has 0 radical (unpaired) electrons. The van der Waals surface area contributed by atoms with Crippen LogP contribution >= 0.6 is 11.8 Å². The van der Waals surface area contributed by atoms with Crippen LogP contribution in [0.25, 0.3) is 0 Å². The summed E-state index contributed by atoms with van der Waals surface area (Å²) < 4.78 is 5.36. The van der Waals surface area contributed by atoms with Gasteiger partial charge in [-0.15, -0.1) is 0 Å². The molecule has 2 saturated heterocycles. The SMILES string of the molecule is CCN=C1NC2(CCOCC2)CS1. The molecule has 0 bridgehead atoms. The van der Waals surface area contributed by atoms with Gasteiger partial charge in [-0.2, -0.15) is 0 Å². The number of hydrogen-bond acceptors (Lipinski definition) is 3. The van der Waals surface area contributed by atoms with Gasteiger partial charge < -0.3 is 10.1 Å².